The Labute approximate surface area is 239 Å². The van der Waals surface area contributed by atoms with Crippen LogP contribution >= 0.6 is 0 Å². The molecule has 0 aromatic carbocycles. The van der Waals surface area contributed by atoms with Gasteiger partial charge in [0.05, 0.1) is 16.2 Å². The summed E-state index contributed by atoms with van der Waals surface area (Å²) >= 11 is 0. The van der Waals surface area contributed by atoms with E-state index in [4.69, 9.17) is 23.7 Å². The van der Waals surface area contributed by atoms with Crippen LogP contribution in [0.15, 0.2) is 0 Å². The van der Waals surface area contributed by atoms with Crippen molar-refractivity contribution in [3.8, 4) is 0 Å². The van der Waals surface area contributed by atoms with Crippen LogP contribution in [0, 0.1) is 33.0 Å². The lowest BCUT2D eigenvalue weighted by Crippen LogP contribution is -2.66. The molecule has 9 nitrogen and oxygen atoms in total. The van der Waals surface area contributed by atoms with E-state index >= 15 is 0 Å². The smallest absolute Gasteiger partial charge is 0.311 e. The average Bonchev–Trinajstić information content (AvgIpc) is 3.33. The standard InChI is InChI=1S/C31H50O9/c1-26(2,3)23(33)36-18-17(32)19(37-24(34)27(4,5)6)21-22(20(18)38-25(35)28(7,8)9)40-31(39-21)15-16-13-14-30(31,12)29(16,10)11/h16-22,32H,13-15H2,1-12H3/t16?,17-,18-,19+,20+,21+,22-,30?,31?/m1/s1. The number of esters is 3. The number of carbonyl (C=O) groups is 3. The number of hydrogen-bond acceptors (Lipinski definition) is 9. The van der Waals surface area contributed by atoms with Crippen molar-refractivity contribution in [1.82, 2.24) is 0 Å². The van der Waals surface area contributed by atoms with Crippen LogP contribution in [-0.2, 0) is 38.1 Å². The third kappa shape index (κ3) is 4.77. The van der Waals surface area contributed by atoms with E-state index in [1.54, 1.807) is 62.3 Å². The summed E-state index contributed by atoms with van der Waals surface area (Å²) in [5.41, 5.74) is -3.09. The van der Waals surface area contributed by atoms with E-state index in [1.165, 1.54) is 0 Å². The SMILES string of the molecule is CC(C)(C)C(=O)O[C@@H]1[C@H]2OC3(CC4CCC3(C)C4(C)C)O[C@H]2[C@@H](OC(=O)C(C)(C)C)[C@H](O)[C@H]1OC(=O)C(C)(C)C. The summed E-state index contributed by atoms with van der Waals surface area (Å²) < 4.78 is 31.5. The first kappa shape index (κ1) is 31.2. The molecule has 9 heteroatoms. The number of hydrogen-bond donors (Lipinski definition) is 1. The molecule has 3 unspecified atom stereocenters. The van der Waals surface area contributed by atoms with Gasteiger partial charge in [-0.05, 0) is 86.5 Å². The Kier molecular flexibility index (Phi) is 7.34. The first-order valence-electron chi connectivity index (χ1n) is 14.6. The summed E-state index contributed by atoms with van der Waals surface area (Å²) in [6.45, 7) is 22.1. The number of ether oxygens (including phenoxy) is 5. The molecule has 3 saturated carbocycles. The molecule has 9 atom stereocenters. The van der Waals surface area contributed by atoms with Gasteiger partial charge in [0.25, 0.3) is 0 Å². The lowest BCUT2D eigenvalue weighted by atomic mass is 9.68. The van der Waals surface area contributed by atoms with Gasteiger partial charge < -0.3 is 28.8 Å². The van der Waals surface area contributed by atoms with E-state index in [0.29, 0.717) is 12.3 Å². The van der Waals surface area contributed by atoms with Crippen LogP contribution in [0.25, 0.3) is 0 Å². The van der Waals surface area contributed by atoms with Gasteiger partial charge in [-0.3, -0.25) is 14.4 Å². The number of carbonyl (C=O) groups excluding carboxylic acids is 3. The van der Waals surface area contributed by atoms with Gasteiger partial charge in [0.15, 0.2) is 24.1 Å². The third-order valence-electron chi connectivity index (χ3n) is 9.98. The maximum Gasteiger partial charge on any atom is 0.311 e. The highest BCUT2D eigenvalue weighted by Crippen LogP contribution is 2.73. The number of aliphatic hydroxyl groups is 1. The summed E-state index contributed by atoms with van der Waals surface area (Å²) in [5.74, 6) is -2.34. The van der Waals surface area contributed by atoms with Crippen LogP contribution in [0.1, 0.15) is 102 Å². The Hall–Kier alpha value is -1.71. The molecule has 1 aliphatic heterocycles. The van der Waals surface area contributed by atoms with Crippen molar-refractivity contribution >= 4 is 17.9 Å². The maximum atomic E-state index is 13.2. The summed E-state index contributed by atoms with van der Waals surface area (Å²) in [4.78, 5) is 39.5. The second-order valence-electron chi connectivity index (χ2n) is 16.3. The number of aliphatic hydroxyl groups excluding tert-OH is 1. The quantitative estimate of drug-likeness (QED) is 0.387. The zero-order valence-electron chi connectivity index (χ0n) is 26.4. The molecule has 0 aromatic heterocycles. The molecule has 40 heavy (non-hydrogen) atoms. The Morgan fingerprint density at radius 2 is 1.10 bits per heavy atom. The molecule has 4 fully saturated rings. The minimum absolute atomic E-state index is 0.0909. The molecule has 0 aromatic rings. The lowest BCUT2D eigenvalue weighted by molar-refractivity contribution is -0.258. The Morgan fingerprint density at radius 3 is 1.48 bits per heavy atom. The highest BCUT2D eigenvalue weighted by Gasteiger charge is 2.76. The number of rotatable bonds is 3. The Balaban J connectivity index is 1.81. The topological polar surface area (TPSA) is 118 Å². The molecule has 0 radical (unpaired) electrons. The summed E-state index contributed by atoms with van der Waals surface area (Å²) in [7, 11) is 0. The van der Waals surface area contributed by atoms with E-state index in [1.807, 2.05) is 0 Å². The molecule has 0 amide bonds. The summed E-state index contributed by atoms with van der Waals surface area (Å²) in [5, 5.41) is 11.7. The van der Waals surface area contributed by atoms with Crippen molar-refractivity contribution in [1.29, 1.82) is 0 Å². The van der Waals surface area contributed by atoms with Crippen molar-refractivity contribution in [2.45, 2.75) is 145 Å². The predicted molar refractivity (Wildman–Crippen MR) is 146 cm³/mol. The van der Waals surface area contributed by atoms with Gasteiger partial charge in [0, 0.05) is 11.8 Å². The van der Waals surface area contributed by atoms with Crippen molar-refractivity contribution in [3.63, 3.8) is 0 Å². The fourth-order valence-electron chi connectivity index (χ4n) is 6.72. The van der Waals surface area contributed by atoms with Crippen molar-refractivity contribution in [2.75, 3.05) is 0 Å². The van der Waals surface area contributed by atoms with Crippen molar-refractivity contribution in [2.24, 2.45) is 33.0 Å². The zero-order chi connectivity index (χ0) is 30.4. The van der Waals surface area contributed by atoms with Gasteiger partial charge in [-0.15, -0.1) is 0 Å². The summed E-state index contributed by atoms with van der Waals surface area (Å²) in [6, 6.07) is 0. The molecule has 3 aliphatic carbocycles. The van der Waals surface area contributed by atoms with Gasteiger partial charge in [-0.1, -0.05) is 20.8 Å². The van der Waals surface area contributed by atoms with Gasteiger partial charge in [0.2, 0.25) is 0 Å². The molecule has 2 bridgehead atoms. The third-order valence-corrected chi connectivity index (χ3v) is 9.98. The first-order valence-corrected chi connectivity index (χ1v) is 14.6. The lowest BCUT2D eigenvalue weighted by Gasteiger charge is -2.45. The fraction of sp³-hybridized carbons (Fsp3) is 0.903. The molecular weight excluding hydrogens is 516 g/mol. The van der Waals surface area contributed by atoms with Crippen LogP contribution in [-0.4, -0.2) is 65.4 Å². The van der Waals surface area contributed by atoms with Crippen LogP contribution in [0.2, 0.25) is 0 Å². The maximum absolute atomic E-state index is 13.2. The zero-order valence-corrected chi connectivity index (χ0v) is 26.4. The molecule has 1 N–H and O–H groups in total. The van der Waals surface area contributed by atoms with E-state index in [9.17, 15) is 19.5 Å². The monoisotopic (exact) mass is 566 g/mol. The molecule has 1 saturated heterocycles. The van der Waals surface area contributed by atoms with E-state index in [0.717, 1.165) is 12.8 Å². The second-order valence-corrected chi connectivity index (χ2v) is 16.3. The average molecular weight is 567 g/mol. The highest BCUT2D eigenvalue weighted by atomic mass is 16.8. The highest BCUT2D eigenvalue weighted by molar-refractivity contribution is 5.77. The predicted octanol–water partition coefficient (Wildman–Crippen LogP) is 4.56. The van der Waals surface area contributed by atoms with Crippen LogP contribution in [0.4, 0.5) is 0 Å². The second kappa shape index (κ2) is 9.40. The van der Waals surface area contributed by atoms with Gasteiger partial charge in [-0.25, -0.2) is 0 Å². The van der Waals surface area contributed by atoms with E-state index in [-0.39, 0.29) is 10.8 Å². The van der Waals surface area contributed by atoms with Crippen LogP contribution in [0.5, 0.6) is 0 Å². The molecule has 1 heterocycles. The molecule has 4 aliphatic rings. The van der Waals surface area contributed by atoms with Crippen molar-refractivity contribution < 1.29 is 43.2 Å². The summed E-state index contributed by atoms with van der Waals surface area (Å²) in [6.07, 6.45) is -4.54. The Bertz CT molecular complexity index is 1040. The van der Waals surface area contributed by atoms with Gasteiger partial charge >= 0.3 is 17.9 Å². The van der Waals surface area contributed by atoms with Crippen LogP contribution < -0.4 is 0 Å². The van der Waals surface area contributed by atoms with E-state index < -0.39 is 76.6 Å². The normalized spacial score (nSPS) is 40.6. The molecule has 4 rings (SSSR count). The minimum atomic E-state index is -1.52. The molecule has 228 valence electrons. The number of fused-ring (bicyclic) bond motifs is 4. The van der Waals surface area contributed by atoms with Crippen molar-refractivity contribution in [3.05, 3.63) is 0 Å². The minimum Gasteiger partial charge on any atom is -0.456 e. The molecular formula is C31H50O9. The van der Waals surface area contributed by atoms with E-state index in [2.05, 4.69) is 20.8 Å². The first-order chi connectivity index (χ1) is 18.0. The van der Waals surface area contributed by atoms with Gasteiger partial charge in [0.1, 0.15) is 18.3 Å². The Morgan fingerprint density at radius 1 is 0.700 bits per heavy atom. The van der Waals surface area contributed by atoms with Gasteiger partial charge in [-0.2, -0.15) is 0 Å². The largest absolute Gasteiger partial charge is 0.456 e. The van der Waals surface area contributed by atoms with Crippen LogP contribution in [0.3, 0.4) is 0 Å². The fourth-order valence-corrected chi connectivity index (χ4v) is 6.72. The molecule has 1 spiro atoms.